The SMILES string of the molecule is COCC(=O)O.OCCOCCO. The molecule has 0 aliphatic rings. The number of hydrogen-bond donors (Lipinski definition) is 3. The van der Waals surface area contributed by atoms with Crippen molar-refractivity contribution in [3.05, 3.63) is 0 Å². The van der Waals surface area contributed by atoms with Gasteiger partial charge in [-0.1, -0.05) is 0 Å². The summed E-state index contributed by atoms with van der Waals surface area (Å²) < 4.78 is 8.84. The summed E-state index contributed by atoms with van der Waals surface area (Å²) in [6, 6.07) is 0. The Morgan fingerprint density at radius 2 is 1.69 bits per heavy atom. The number of aliphatic carboxylic acids is 1. The molecule has 3 N–H and O–H groups in total. The van der Waals surface area contributed by atoms with Gasteiger partial charge in [0.2, 0.25) is 0 Å². The number of aliphatic hydroxyl groups excluding tert-OH is 2. The predicted molar refractivity (Wildman–Crippen MR) is 44.5 cm³/mol. The lowest BCUT2D eigenvalue weighted by Gasteiger charge is -1.94. The summed E-state index contributed by atoms with van der Waals surface area (Å²) in [6.45, 7) is 0.487. The van der Waals surface area contributed by atoms with E-state index in [0.29, 0.717) is 13.2 Å². The van der Waals surface area contributed by atoms with E-state index in [0.717, 1.165) is 0 Å². The van der Waals surface area contributed by atoms with Crippen molar-refractivity contribution in [2.24, 2.45) is 0 Å². The van der Waals surface area contributed by atoms with E-state index < -0.39 is 5.97 Å². The fourth-order valence-electron chi connectivity index (χ4n) is 0.355. The topological polar surface area (TPSA) is 96.2 Å². The highest BCUT2D eigenvalue weighted by Gasteiger charge is 1.87. The highest BCUT2D eigenvalue weighted by atomic mass is 16.5. The van der Waals surface area contributed by atoms with Gasteiger partial charge in [-0.25, -0.2) is 4.79 Å². The molecule has 0 atom stereocenters. The van der Waals surface area contributed by atoms with Crippen molar-refractivity contribution in [1.29, 1.82) is 0 Å². The number of rotatable bonds is 6. The number of aliphatic hydroxyl groups is 2. The molecule has 13 heavy (non-hydrogen) atoms. The van der Waals surface area contributed by atoms with E-state index >= 15 is 0 Å². The molecule has 0 aromatic rings. The molecule has 0 spiro atoms. The van der Waals surface area contributed by atoms with Crippen LogP contribution >= 0.6 is 0 Å². The van der Waals surface area contributed by atoms with Crippen LogP contribution in [0.3, 0.4) is 0 Å². The second kappa shape index (κ2) is 13.9. The molecule has 0 saturated carbocycles. The van der Waals surface area contributed by atoms with Crippen molar-refractivity contribution in [3.63, 3.8) is 0 Å². The zero-order valence-electron chi connectivity index (χ0n) is 7.60. The Balaban J connectivity index is 0. The average Bonchev–Trinajstić information content (AvgIpc) is 2.06. The van der Waals surface area contributed by atoms with Gasteiger partial charge in [0.25, 0.3) is 0 Å². The van der Waals surface area contributed by atoms with Crippen LogP contribution in [0.1, 0.15) is 0 Å². The van der Waals surface area contributed by atoms with Crippen LogP contribution in [0.4, 0.5) is 0 Å². The summed E-state index contributed by atoms with van der Waals surface area (Å²) in [5, 5.41) is 24.0. The molecule has 0 fully saturated rings. The Kier molecular flexibility index (Phi) is 15.8. The molecule has 0 unspecified atom stereocenters. The number of methoxy groups -OCH3 is 1. The third kappa shape index (κ3) is 24.6. The third-order valence-electron chi connectivity index (χ3n) is 0.739. The lowest BCUT2D eigenvalue weighted by atomic mass is 10.7. The molecule has 0 saturated heterocycles. The number of carboxylic acid groups (broad SMARTS) is 1. The Morgan fingerprint density at radius 3 is 1.85 bits per heavy atom. The van der Waals surface area contributed by atoms with Gasteiger partial charge in [-0.05, 0) is 0 Å². The van der Waals surface area contributed by atoms with Gasteiger partial charge in [-0.15, -0.1) is 0 Å². The molecule has 0 aromatic carbocycles. The molecule has 6 heteroatoms. The lowest BCUT2D eigenvalue weighted by Crippen LogP contribution is -2.03. The summed E-state index contributed by atoms with van der Waals surface area (Å²) >= 11 is 0. The molecule has 0 aliphatic carbocycles. The Labute approximate surface area is 76.7 Å². The minimum Gasteiger partial charge on any atom is -0.480 e. The van der Waals surface area contributed by atoms with E-state index in [9.17, 15) is 4.79 Å². The zero-order valence-corrected chi connectivity index (χ0v) is 7.60. The van der Waals surface area contributed by atoms with Crippen LogP contribution in [0.5, 0.6) is 0 Å². The molecular weight excluding hydrogens is 180 g/mol. The van der Waals surface area contributed by atoms with E-state index in [1.165, 1.54) is 7.11 Å². The van der Waals surface area contributed by atoms with Gasteiger partial charge in [0, 0.05) is 7.11 Å². The minimum absolute atomic E-state index is 0.0278. The molecule has 0 amide bonds. The smallest absolute Gasteiger partial charge is 0.329 e. The van der Waals surface area contributed by atoms with Crippen LogP contribution in [0.2, 0.25) is 0 Å². The summed E-state index contributed by atoms with van der Waals surface area (Å²) in [6.07, 6.45) is 0. The van der Waals surface area contributed by atoms with E-state index in [1.54, 1.807) is 0 Å². The molecule has 0 heterocycles. The normalized spacial score (nSPS) is 8.85. The summed E-state index contributed by atoms with van der Waals surface area (Å²) in [5.41, 5.74) is 0. The first-order chi connectivity index (χ1) is 6.18. The largest absolute Gasteiger partial charge is 0.480 e. The van der Waals surface area contributed by atoms with E-state index in [4.69, 9.17) is 15.3 Å². The lowest BCUT2D eigenvalue weighted by molar-refractivity contribution is -0.141. The fraction of sp³-hybridized carbons (Fsp3) is 0.857. The van der Waals surface area contributed by atoms with Gasteiger partial charge >= 0.3 is 5.97 Å². The van der Waals surface area contributed by atoms with E-state index in [2.05, 4.69) is 9.47 Å². The van der Waals surface area contributed by atoms with Gasteiger partial charge in [0.1, 0.15) is 6.61 Å². The van der Waals surface area contributed by atoms with Crippen molar-refractivity contribution in [1.82, 2.24) is 0 Å². The van der Waals surface area contributed by atoms with Crippen LogP contribution in [0.15, 0.2) is 0 Å². The Morgan fingerprint density at radius 1 is 1.23 bits per heavy atom. The van der Waals surface area contributed by atoms with Crippen LogP contribution in [0, 0.1) is 0 Å². The highest BCUT2D eigenvalue weighted by molar-refractivity contribution is 5.67. The quantitative estimate of drug-likeness (QED) is 0.457. The fourth-order valence-corrected chi connectivity index (χ4v) is 0.355. The first kappa shape index (κ1) is 14.8. The molecular formula is C7H16O6. The van der Waals surface area contributed by atoms with Gasteiger partial charge in [0.05, 0.1) is 26.4 Å². The van der Waals surface area contributed by atoms with Gasteiger partial charge < -0.3 is 24.8 Å². The van der Waals surface area contributed by atoms with Crippen LogP contribution in [-0.2, 0) is 14.3 Å². The molecule has 0 aromatic heterocycles. The number of carbonyl (C=O) groups is 1. The average molecular weight is 196 g/mol. The number of hydrogen-bond acceptors (Lipinski definition) is 5. The van der Waals surface area contributed by atoms with Gasteiger partial charge in [-0.3, -0.25) is 0 Å². The van der Waals surface area contributed by atoms with E-state index in [-0.39, 0.29) is 19.8 Å². The third-order valence-corrected chi connectivity index (χ3v) is 0.739. The monoisotopic (exact) mass is 196 g/mol. The van der Waals surface area contributed by atoms with Crippen molar-refractivity contribution in [2.45, 2.75) is 0 Å². The van der Waals surface area contributed by atoms with Crippen molar-refractivity contribution in [3.8, 4) is 0 Å². The minimum atomic E-state index is -0.933. The van der Waals surface area contributed by atoms with Crippen molar-refractivity contribution >= 4 is 5.97 Å². The standard InChI is InChI=1S/C4H10O3.C3H6O3/c5-1-3-7-4-2-6;1-6-2-3(4)5/h5-6H,1-4H2;2H2,1H3,(H,4,5). The first-order valence-electron chi connectivity index (χ1n) is 3.69. The maximum Gasteiger partial charge on any atom is 0.329 e. The summed E-state index contributed by atoms with van der Waals surface area (Å²) in [7, 11) is 1.34. The van der Waals surface area contributed by atoms with Crippen LogP contribution in [0.25, 0.3) is 0 Å². The first-order valence-corrected chi connectivity index (χ1v) is 3.69. The molecule has 0 radical (unpaired) electrons. The van der Waals surface area contributed by atoms with E-state index in [1.807, 2.05) is 0 Å². The Bertz CT molecular complexity index is 101. The number of ether oxygens (including phenoxy) is 2. The molecule has 0 bridgehead atoms. The Hall–Kier alpha value is -0.690. The number of carboxylic acids is 1. The second-order valence-corrected chi connectivity index (χ2v) is 1.89. The second-order valence-electron chi connectivity index (χ2n) is 1.89. The van der Waals surface area contributed by atoms with Crippen LogP contribution in [-0.4, -0.2) is 61.4 Å². The molecule has 0 rings (SSSR count). The summed E-state index contributed by atoms with van der Waals surface area (Å²) in [5.74, 6) is -0.933. The van der Waals surface area contributed by atoms with Gasteiger partial charge in [0.15, 0.2) is 0 Å². The summed E-state index contributed by atoms with van der Waals surface area (Å²) in [4.78, 5) is 9.47. The highest BCUT2D eigenvalue weighted by Crippen LogP contribution is 1.68. The predicted octanol–water partition coefficient (Wildman–Crippen LogP) is -1.29. The maximum atomic E-state index is 9.47. The molecule has 0 aliphatic heterocycles. The van der Waals surface area contributed by atoms with Crippen LogP contribution < -0.4 is 0 Å². The van der Waals surface area contributed by atoms with Crippen molar-refractivity contribution in [2.75, 3.05) is 40.1 Å². The molecule has 80 valence electrons. The van der Waals surface area contributed by atoms with Crippen molar-refractivity contribution < 1.29 is 29.6 Å². The maximum absolute atomic E-state index is 9.47. The molecule has 6 nitrogen and oxygen atoms in total. The van der Waals surface area contributed by atoms with Gasteiger partial charge in [-0.2, -0.15) is 0 Å². The zero-order chi connectivity index (χ0) is 10.5.